The number of rotatable bonds is 25. The molecule has 0 aliphatic heterocycles. The predicted octanol–water partition coefficient (Wildman–Crippen LogP) is 0.789. The molecule has 0 aromatic heterocycles. The summed E-state index contributed by atoms with van der Waals surface area (Å²) in [6.45, 7) is 0.821. The summed E-state index contributed by atoms with van der Waals surface area (Å²) in [7, 11) is 4.81. The van der Waals surface area contributed by atoms with Gasteiger partial charge in [-0.1, -0.05) is 25.7 Å². The van der Waals surface area contributed by atoms with Crippen LogP contribution < -0.4 is 26.6 Å². The van der Waals surface area contributed by atoms with Gasteiger partial charge in [0.15, 0.2) is 0 Å². The molecule has 0 fully saturated rings. The lowest BCUT2D eigenvalue weighted by molar-refractivity contribution is -0.127. The van der Waals surface area contributed by atoms with Crippen LogP contribution in [0.5, 0.6) is 0 Å². The van der Waals surface area contributed by atoms with Gasteiger partial charge in [-0.25, -0.2) is 0 Å². The van der Waals surface area contributed by atoms with Crippen LogP contribution in [0.4, 0.5) is 0 Å². The number of nitrogens with one attached hydrogen (secondary N) is 5. The molecular formula is C28H52N6O6. The minimum atomic E-state index is -0.254. The Morgan fingerprint density at radius 2 is 0.775 bits per heavy atom. The molecule has 0 bridgehead atoms. The maximum Gasteiger partial charge on any atom is 0.234 e. The molecule has 0 saturated heterocycles. The van der Waals surface area contributed by atoms with Crippen LogP contribution in [0, 0.1) is 0 Å². The van der Waals surface area contributed by atoms with E-state index in [4.69, 9.17) is 0 Å². The minimum absolute atomic E-state index is 0.00425. The fourth-order valence-corrected chi connectivity index (χ4v) is 3.98. The Hall–Kier alpha value is -3.02. The maximum absolute atomic E-state index is 12.6. The van der Waals surface area contributed by atoms with Crippen molar-refractivity contribution in [1.82, 2.24) is 31.5 Å². The smallest absolute Gasteiger partial charge is 0.234 e. The van der Waals surface area contributed by atoms with Crippen molar-refractivity contribution in [2.24, 2.45) is 0 Å². The van der Waals surface area contributed by atoms with Gasteiger partial charge in [0.05, 0.1) is 19.6 Å². The van der Waals surface area contributed by atoms with Crippen molar-refractivity contribution >= 4 is 35.3 Å². The number of amides is 5. The number of nitrogens with zero attached hydrogens (tertiary/aromatic N) is 1. The molecule has 0 spiro atoms. The maximum atomic E-state index is 12.6. The van der Waals surface area contributed by atoms with Gasteiger partial charge in [0.2, 0.25) is 29.5 Å². The third-order valence-electron chi connectivity index (χ3n) is 6.39. The molecular weight excluding hydrogens is 516 g/mol. The van der Waals surface area contributed by atoms with Crippen molar-refractivity contribution in [3.05, 3.63) is 0 Å². The minimum Gasteiger partial charge on any atom is -0.359 e. The Labute approximate surface area is 239 Å². The van der Waals surface area contributed by atoms with Gasteiger partial charge < -0.3 is 26.6 Å². The number of carbonyl (C=O) groups excluding carboxylic acids is 6. The summed E-state index contributed by atoms with van der Waals surface area (Å²) in [5.74, 6) is -0.539. The summed E-state index contributed by atoms with van der Waals surface area (Å²) >= 11 is 0. The van der Waals surface area contributed by atoms with Crippen LogP contribution >= 0.6 is 0 Å². The predicted molar refractivity (Wildman–Crippen MR) is 154 cm³/mol. The average molecular weight is 569 g/mol. The molecule has 0 aliphatic carbocycles. The van der Waals surface area contributed by atoms with Crippen LogP contribution in [0.15, 0.2) is 0 Å². The summed E-state index contributed by atoms with van der Waals surface area (Å²) in [5, 5.41) is 13.4. The Bertz CT molecular complexity index is 677. The van der Waals surface area contributed by atoms with E-state index in [1.165, 1.54) is 0 Å². The van der Waals surface area contributed by atoms with E-state index in [0.29, 0.717) is 45.2 Å². The van der Waals surface area contributed by atoms with Gasteiger partial charge >= 0.3 is 0 Å². The molecule has 0 unspecified atom stereocenters. The first-order valence-electron chi connectivity index (χ1n) is 14.6. The van der Waals surface area contributed by atoms with E-state index < -0.39 is 0 Å². The van der Waals surface area contributed by atoms with E-state index >= 15 is 0 Å². The summed E-state index contributed by atoms with van der Waals surface area (Å²) in [6, 6.07) is 0. The first kappa shape index (κ1) is 37.0. The number of unbranched alkanes of at least 4 members (excludes halogenated alkanes) is 7. The Balaban J connectivity index is 4.53. The SMILES string of the molecule is CNC(=O)CCCCCCC(=O)CN(CC(=O)NCCCCCC(=O)NC)CC(=O)NCCCCCC(=O)NC. The quantitative estimate of drug-likeness (QED) is 0.102. The third-order valence-corrected chi connectivity index (χ3v) is 6.39. The summed E-state index contributed by atoms with van der Waals surface area (Å²) in [4.78, 5) is 73.0. The lowest BCUT2D eigenvalue weighted by Gasteiger charge is -2.21. The molecule has 230 valence electrons. The number of hydrogen-bond donors (Lipinski definition) is 5. The largest absolute Gasteiger partial charge is 0.359 e. The molecule has 0 aromatic rings. The molecule has 0 aromatic carbocycles. The molecule has 0 atom stereocenters. The van der Waals surface area contributed by atoms with Gasteiger partial charge in [-0.15, -0.1) is 0 Å². The van der Waals surface area contributed by atoms with E-state index in [2.05, 4.69) is 26.6 Å². The topological polar surface area (TPSA) is 166 Å². The van der Waals surface area contributed by atoms with Crippen molar-refractivity contribution in [3.8, 4) is 0 Å². The zero-order valence-electron chi connectivity index (χ0n) is 24.8. The first-order chi connectivity index (χ1) is 19.2. The zero-order valence-corrected chi connectivity index (χ0v) is 24.8. The molecule has 0 radical (unpaired) electrons. The zero-order chi connectivity index (χ0) is 30.0. The number of carbonyl (C=O) groups is 6. The number of ketones is 1. The third kappa shape index (κ3) is 22.9. The lowest BCUT2D eigenvalue weighted by atomic mass is 10.1. The van der Waals surface area contributed by atoms with Crippen LogP contribution in [-0.4, -0.2) is 94.1 Å². The molecule has 0 saturated carbocycles. The number of hydrogen-bond acceptors (Lipinski definition) is 7. The van der Waals surface area contributed by atoms with Crippen molar-refractivity contribution < 1.29 is 28.8 Å². The van der Waals surface area contributed by atoms with Gasteiger partial charge in [0.25, 0.3) is 0 Å². The highest BCUT2D eigenvalue weighted by molar-refractivity contribution is 5.85. The van der Waals surface area contributed by atoms with Crippen molar-refractivity contribution in [1.29, 1.82) is 0 Å². The Morgan fingerprint density at radius 3 is 1.15 bits per heavy atom. The van der Waals surface area contributed by atoms with Crippen molar-refractivity contribution in [2.75, 3.05) is 53.9 Å². The van der Waals surface area contributed by atoms with Gasteiger partial charge in [-0.2, -0.15) is 0 Å². The van der Waals surface area contributed by atoms with E-state index in [1.54, 1.807) is 26.0 Å². The van der Waals surface area contributed by atoms with Crippen molar-refractivity contribution in [2.45, 2.75) is 89.9 Å². The van der Waals surface area contributed by atoms with E-state index in [-0.39, 0.29) is 55.0 Å². The fraction of sp³-hybridized carbons (Fsp3) is 0.786. The Morgan fingerprint density at radius 1 is 0.425 bits per heavy atom. The Kier molecular flexibility index (Phi) is 23.1. The second-order valence-electron chi connectivity index (χ2n) is 9.94. The molecule has 0 aliphatic rings. The average Bonchev–Trinajstić information content (AvgIpc) is 2.93. The molecule has 12 nitrogen and oxygen atoms in total. The summed E-state index contributed by atoms with van der Waals surface area (Å²) in [5.41, 5.74) is 0. The molecule has 40 heavy (non-hydrogen) atoms. The highest BCUT2D eigenvalue weighted by Gasteiger charge is 2.17. The molecule has 5 amide bonds. The van der Waals surface area contributed by atoms with Gasteiger partial charge in [0, 0.05) is 59.9 Å². The monoisotopic (exact) mass is 568 g/mol. The second-order valence-corrected chi connectivity index (χ2v) is 9.94. The fourth-order valence-electron chi connectivity index (χ4n) is 3.98. The molecule has 0 rings (SSSR count). The van der Waals surface area contributed by atoms with Gasteiger partial charge in [-0.3, -0.25) is 33.7 Å². The van der Waals surface area contributed by atoms with Crippen LogP contribution in [0.3, 0.4) is 0 Å². The van der Waals surface area contributed by atoms with E-state index in [1.807, 2.05) is 0 Å². The molecule has 12 heteroatoms. The molecule has 0 heterocycles. The van der Waals surface area contributed by atoms with Crippen molar-refractivity contribution in [3.63, 3.8) is 0 Å². The van der Waals surface area contributed by atoms with E-state index in [0.717, 1.165) is 57.8 Å². The van der Waals surface area contributed by atoms with Gasteiger partial charge in [-0.05, 0) is 38.5 Å². The summed E-state index contributed by atoms with van der Waals surface area (Å²) < 4.78 is 0. The first-order valence-corrected chi connectivity index (χ1v) is 14.6. The number of Topliss-reactive ketones (excluding diaryl/α,β-unsaturated/α-hetero) is 1. The van der Waals surface area contributed by atoms with Crippen LogP contribution in [-0.2, 0) is 28.8 Å². The van der Waals surface area contributed by atoms with Crippen LogP contribution in [0.25, 0.3) is 0 Å². The van der Waals surface area contributed by atoms with Crippen LogP contribution in [0.2, 0.25) is 0 Å². The summed E-state index contributed by atoms with van der Waals surface area (Å²) in [6.07, 6.45) is 9.50. The highest BCUT2D eigenvalue weighted by Crippen LogP contribution is 2.07. The van der Waals surface area contributed by atoms with E-state index in [9.17, 15) is 28.8 Å². The lowest BCUT2D eigenvalue weighted by Crippen LogP contribution is -2.45. The molecule has 5 N–H and O–H groups in total. The van der Waals surface area contributed by atoms with Gasteiger partial charge in [0.1, 0.15) is 5.78 Å². The standard InChI is InChI=1S/C28H52N6O6/c1-29-24(36)15-9-5-4-8-14-23(35)20-34(21-27(39)32-18-12-6-10-16-25(37)30-2)22-28(40)33-19-13-7-11-17-26(38)31-3/h4-22H2,1-3H3,(H,29,36)(H,30,37)(H,31,38)(H,32,39)(H,33,40). The highest BCUT2D eigenvalue weighted by atomic mass is 16.2. The van der Waals surface area contributed by atoms with Crippen LogP contribution in [0.1, 0.15) is 89.9 Å². The normalized spacial score (nSPS) is 10.6. The second kappa shape index (κ2) is 25.0.